The largest absolute Gasteiger partial charge is 0.431 e. The Balaban J connectivity index is 1.99. The topological polar surface area (TPSA) is 82.3 Å². The second-order valence-electron chi connectivity index (χ2n) is 4.07. The molecule has 0 spiro atoms. The summed E-state index contributed by atoms with van der Waals surface area (Å²) in [5.74, 6) is 0.679. The lowest BCUT2D eigenvalue weighted by atomic mass is 10.3. The van der Waals surface area contributed by atoms with E-state index in [4.69, 9.17) is 9.88 Å². The Morgan fingerprint density at radius 2 is 1.85 bits per heavy atom. The van der Waals surface area contributed by atoms with Gasteiger partial charge >= 0.3 is 0 Å². The smallest absolute Gasteiger partial charge is 0.279 e. The van der Waals surface area contributed by atoms with Gasteiger partial charge in [-0.3, -0.25) is 0 Å². The summed E-state index contributed by atoms with van der Waals surface area (Å²) in [5, 5.41) is 5.56. The van der Waals surface area contributed by atoms with Crippen molar-refractivity contribution in [1.82, 2.24) is 4.98 Å². The van der Waals surface area contributed by atoms with Gasteiger partial charge in [0.2, 0.25) is 10.0 Å². The lowest BCUT2D eigenvalue weighted by Gasteiger charge is -1.98. The molecule has 0 amide bonds. The SMILES string of the molecule is NS(=O)(=O)c1ccc2nc(Oc3ccccc3)sc2c1. The van der Waals surface area contributed by atoms with Crippen LogP contribution in [-0.2, 0) is 10.0 Å². The third kappa shape index (κ3) is 2.64. The van der Waals surface area contributed by atoms with Crippen LogP contribution >= 0.6 is 11.3 Å². The summed E-state index contributed by atoms with van der Waals surface area (Å²) in [7, 11) is -3.71. The molecule has 1 aromatic heterocycles. The molecule has 0 bridgehead atoms. The van der Waals surface area contributed by atoms with E-state index in [0.29, 0.717) is 21.2 Å². The highest BCUT2D eigenvalue weighted by Crippen LogP contribution is 2.32. The predicted molar refractivity (Wildman–Crippen MR) is 77.5 cm³/mol. The molecule has 5 nitrogen and oxygen atoms in total. The van der Waals surface area contributed by atoms with Gasteiger partial charge in [-0.2, -0.15) is 0 Å². The highest BCUT2D eigenvalue weighted by molar-refractivity contribution is 7.89. The number of thiazole rings is 1. The van der Waals surface area contributed by atoms with Gasteiger partial charge in [-0.25, -0.2) is 18.5 Å². The van der Waals surface area contributed by atoms with Crippen LogP contribution in [0.2, 0.25) is 0 Å². The van der Waals surface area contributed by atoms with Gasteiger partial charge in [-0.1, -0.05) is 29.5 Å². The molecule has 102 valence electrons. The van der Waals surface area contributed by atoms with Crippen LogP contribution in [0.4, 0.5) is 0 Å². The zero-order valence-electron chi connectivity index (χ0n) is 10.2. The van der Waals surface area contributed by atoms with Crippen molar-refractivity contribution in [3.8, 4) is 10.9 Å². The molecule has 0 aliphatic heterocycles. The van der Waals surface area contributed by atoms with E-state index in [2.05, 4.69) is 4.98 Å². The van der Waals surface area contributed by atoms with E-state index in [1.54, 1.807) is 6.07 Å². The van der Waals surface area contributed by atoms with Gasteiger partial charge in [-0.15, -0.1) is 0 Å². The second-order valence-corrected chi connectivity index (χ2v) is 6.62. The maximum atomic E-state index is 11.3. The molecule has 0 aliphatic carbocycles. The quantitative estimate of drug-likeness (QED) is 0.806. The number of hydrogen-bond donors (Lipinski definition) is 1. The van der Waals surface area contributed by atoms with Crippen molar-refractivity contribution in [3.05, 3.63) is 48.5 Å². The summed E-state index contributed by atoms with van der Waals surface area (Å²) < 4.78 is 28.9. The van der Waals surface area contributed by atoms with Crippen LogP contribution in [0.5, 0.6) is 10.9 Å². The second kappa shape index (κ2) is 4.86. The van der Waals surface area contributed by atoms with E-state index in [1.807, 2.05) is 30.3 Å². The number of fused-ring (bicyclic) bond motifs is 1. The summed E-state index contributed by atoms with van der Waals surface area (Å²) in [5.41, 5.74) is 0.674. The zero-order valence-corrected chi connectivity index (χ0v) is 11.8. The molecule has 0 aliphatic rings. The fourth-order valence-corrected chi connectivity index (χ4v) is 3.18. The number of ether oxygens (including phenoxy) is 1. The maximum absolute atomic E-state index is 11.3. The van der Waals surface area contributed by atoms with Gasteiger partial charge in [0, 0.05) is 0 Å². The Hall–Kier alpha value is -1.96. The number of para-hydroxylation sites is 1. The summed E-state index contributed by atoms with van der Waals surface area (Å²) >= 11 is 1.27. The molecule has 7 heteroatoms. The normalized spacial score (nSPS) is 11.7. The number of primary sulfonamides is 1. The average Bonchev–Trinajstić information content (AvgIpc) is 2.80. The predicted octanol–water partition coefficient (Wildman–Crippen LogP) is 2.74. The number of hydrogen-bond acceptors (Lipinski definition) is 5. The van der Waals surface area contributed by atoms with Crippen LogP contribution < -0.4 is 9.88 Å². The molecule has 0 unspecified atom stereocenters. The first-order chi connectivity index (χ1) is 9.52. The van der Waals surface area contributed by atoms with Crippen molar-refractivity contribution in [3.63, 3.8) is 0 Å². The first kappa shape index (κ1) is 13.0. The minimum absolute atomic E-state index is 0.0694. The van der Waals surface area contributed by atoms with E-state index in [1.165, 1.54) is 23.5 Å². The van der Waals surface area contributed by atoms with Gasteiger partial charge in [0.05, 0.1) is 15.1 Å². The van der Waals surface area contributed by atoms with E-state index < -0.39 is 10.0 Å². The Kier molecular flexibility index (Phi) is 3.17. The molecule has 2 N–H and O–H groups in total. The zero-order chi connectivity index (χ0) is 14.2. The van der Waals surface area contributed by atoms with Gasteiger partial charge in [-0.05, 0) is 30.3 Å². The number of aromatic nitrogens is 1. The highest BCUT2D eigenvalue weighted by Gasteiger charge is 2.12. The van der Waals surface area contributed by atoms with Crippen LogP contribution in [0.1, 0.15) is 0 Å². The minimum Gasteiger partial charge on any atom is -0.431 e. The van der Waals surface area contributed by atoms with Crippen molar-refractivity contribution in [1.29, 1.82) is 0 Å². The fraction of sp³-hybridized carbons (Fsp3) is 0. The van der Waals surface area contributed by atoms with Crippen molar-refractivity contribution < 1.29 is 13.2 Å². The molecule has 0 radical (unpaired) electrons. The lowest BCUT2D eigenvalue weighted by Crippen LogP contribution is -2.11. The number of benzene rings is 2. The summed E-state index contributed by atoms with van der Waals surface area (Å²) in [6, 6.07) is 13.8. The number of nitrogens with zero attached hydrogens (tertiary/aromatic N) is 1. The molecule has 3 aromatic rings. The summed E-state index contributed by atoms with van der Waals surface area (Å²) in [4.78, 5) is 4.36. The molecule has 0 saturated heterocycles. The third-order valence-corrected chi connectivity index (χ3v) is 4.42. The molecule has 0 atom stereocenters. The molecule has 0 saturated carbocycles. The number of nitrogens with two attached hydrogens (primary N) is 1. The van der Waals surface area contributed by atoms with Gasteiger partial charge in [0.25, 0.3) is 5.19 Å². The monoisotopic (exact) mass is 306 g/mol. The van der Waals surface area contributed by atoms with Gasteiger partial charge in [0.1, 0.15) is 5.75 Å². The third-order valence-electron chi connectivity index (χ3n) is 2.62. The van der Waals surface area contributed by atoms with E-state index >= 15 is 0 Å². The van der Waals surface area contributed by atoms with Gasteiger partial charge in [0.15, 0.2) is 0 Å². The maximum Gasteiger partial charge on any atom is 0.279 e. The van der Waals surface area contributed by atoms with Crippen molar-refractivity contribution in [2.75, 3.05) is 0 Å². The highest BCUT2D eigenvalue weighted by atomic mass is 32.2. The minimum atomic E-state index is -3.71. The lowest BCUT2D eigenvalue weighted by molar-refractivity contribution is 0.480. The van der Waals surface area contributed by atoms with Crippen molar-refractivity contribution in [2.24, 2.45) is 5.14 Å². The summed E-state index contributed by atoms with van der Waals surface area (Å²) in [6.07, 6.45) is 0. The standard InChI is InChI=1S/C13H10N2O3S2/c14-20(16,17)10-6-7-11-12(8-10)19-13(15-11)18-9-4-2-1-3-5-9/h1-8H,(H2,14,16,17). The Morgan fingerprint density at radius 1 is 1.10 bits per heavy atom. The van der Waals surface area contributed by atoms with Crippen molar-refractivity contribution >= 4 is 31.6 Å². The van der Waals surface area contributed by atoms with Crippen LogP contribution in [0.15, 0.2) is 53.4 Å². The molecular weight excluding hydrogens is 296 g/mol. The Labute approximate surface area is 119 Å². The molecule has 1 heterocycles. The van der Waals surface area contributed by atoms with Crippen LogP contribution in [0.3, 0.4) is 0 Å². The first-order valence-electron chi connectivity index (χ1n) is 5.69. The Bertz CT molecular complexity index is 858. The summed E-state index contributed by atoms with van der Waals surface area (Å²) in [6.45, 7) is 0. The first-order valence-corrected chi connectivity index (χ1v) is 8.05. The molecular formula is C13H10N2O3S2. The van der Waals surface area contributed by atoms with E-state index in [0.717, 1.165) is 0 Å². The molecule has 3 rings (SSSR count). The number of rotatable bonds is 3. The van der Waals surface area contributed by atoms with E-state index in [9.17, 15) is 8.42 Å². The van der Waals surface area contributed by atoms with Crippen LogP contribution in [0.25, 0.3) is 10.2 Å². The number of sulfonamides is 1. The van der Waals surface area contributed by atoms with Crippen LogP contribution in [-0.4, -0.2) is 13.4 Å². The average molecular weight is 306 g/mol. The fourth-order valence-electron chi connectivity index (χ4n) is 1.69. The molecule has 20 heavy (non-hydrogen) atoms. The Morgan fingerprint density at radius 3 is 2.55 bits per heavy atom. The van der Waals surface area contributed by atoms with E-state index in [-0.39, 0.29) is 4.90 Å². The van der Waals surface area contributed by atoms with Crippen LogP contribution in [0, 0.1) is 0 Å². The van der Waals surface area contributed by atoms with Crippen molar-refractivity contribution in [2.45, 2.75) is 4.90 Å². The van der Waals surface area contributed by atoms with Gasteiger partial charge < -0.3 is 4.74 Å². The molecule has 0 fully saturated rings. The molecule has 2 aromatic carbocycles.